The predicted octanol–water partition coefficient (Wildman–Crippen LogP) is 4.20. The van der Waals surface area contributed by atoms with Gasteiger partial charge in [-0.05, 0) is 38.8 Å². The Morgan fingerprint density at radius 1 is 1.25 bits per heavy atom. The van der Waals surface area contributed by atoms with Crippen molar-refractivity contribution in [2.75, 3.05) is 0 Å². The van der Waals surface area contributed by atoms with Crippen molar-refractivity contribution in [2.45, 2.75) is 33.1 Å². The number of amides is 1. The number of aromatic nitrogens is 2. The standard InChI is InChI=1S/C22H21FN4O/c1-13-10-27(12-26-13)20-14(2)16(15-8-6-5-7-9-15)19(23)17(21(25)28)18(20)22(3,4)11-24/h5-10,12H,1-4H3,(H2,25,28). The molecule has 1 heterocycles. The molecule has 142 valence electrons. The molecule has 1 amide bonds. The van der Waals surface area contributed by atoms with E-state index in [9.17, 15) is 10.1 Å². The second kappa shape index (κ2) is 6.93. The first-order valence-corrected chi connectivity index (χ1v) is 8.83. The fourth-order valence-electron chi connectivity index (χ4n) is 3.53. The summed E-state index contributed by atoms with van der Waals surface area (Å²) in [7, 11) is 0. The van der Waals surface area contributed by atoms with Crippen molar-refractivity contribution in [1.82, 2.24) is 9.55 Å². The monoisotopic (exact) mass is 376 g/mol. The molecule has 0 unspecified atom stereocenters. The minimum Gasteiger partial charge on any atom is -0.365 e. The number of carbonyl (C=O) groups is 1. The third kappa shape index (κ3) is 3.05. The molecule has 0 aliphatic rings. The number of rotatable bonds is 4. The van der Waals surface area contributed by atoms with Gasteiger partial charge >= 0.3 is 0 Å². The number of hydrogen-bond donors (Lipinski definition) is 1. The second-order valence-corrected chi connectivity index (χ2v) is 7.30. The Labute approximate surface area is 163 Å². The van der Waals surface area contributed by atoms with E-state index in [1.807, 2.05) is 13.0 Å². The molecule has 0 atom stereocenters. The molecule has 0 radical (unpaired) electrons. The first-order valence-electron chi connectivity index (χ1n) is 8.83. The Kier molecular flexibility index (Phi) is 4.78. The maximum absolute atomic E-state index is 15.7. The highest BCUT2D eigenvalue weighted by atomic mass is 19.1. The van der Waals surface area contributed by atoms with Crippen molar-refractivity contribution in [1.29, 1.82) is 5.26 Å². The van der Waals surface area contributed by atoms with Crippen LogP contribution in [0.2, 0.25) is 0 Å². The lowest BCUT2D eigenvalue weighted by atomic mass is 9.78. The molecular weight excluding hydrogens is 355 g/mol. The molecule has 0 saturated carbocycles. The van der Waals surface area contributed by atoms with Crippen LogP contribution in [0.5, 0.6) is 0 Å². The highest BCUT2D eigenvalue weighted by Crippen LogP contribution is 2.41. The molecule has 0 spiro atoms. The minimum absolute atomic E-state index is 0.259. The van der Waals surface area contributed by atoms with Gasteiger partial charge in [-0.1, -0.05) is 30.3 Å². The van der Waals surface area contributed by atoms with Crippen LogP contribution >= 0.6 is 0 Å². The average molecular weight is 376 g/mol. The van der Waals surface area contributed by atoms with E-state index < -0.39 is 17.1 Å². The van der Waals surface area contributed by atoms with Gasteiger partial charge in [0.05, 0.1) is 34.8 Å². The van der Waals surface area contributed by atoms with Gasteiger partial charge in [0.15, 0.2) is 0 Å². The summed E-state index contributed by atoms with van der Waals surface area (Å²) < 4.78 is 17.4. The van der Waals surface area contributed by atoms with E-state index in [1.165, 1.54) is 0 Å². The number of nitriles is 1. The fourth-order valence-corrected chi connectivity index (χ4v) is 3.53. The van der Waals surface area contributed by atoms with Crippen molar-refractivity contribution in [3.63, 3.8) is 0 Å². The number of aryl methyl sites for hydroxylation is 1. The molecule has 3 rings (SSSR count). The first-order chi connectivity index (χ1) is 13.2. The third-order valence-electron chi connectivity index (χ3n) is 4.84. The summed E-state index contributed by atoms with van der Waals surface area (Å²) in [5, 5.41) is 9.75. The molecule has 2 N–H and O–H groups in total. The van der Waals surface area contributed by atoms with E-state index in [4.69, 9.17) is 5.73 Å². The van der Waals surface area contributed by atoms with E-state index in [0.29, 0.717) is 16.8 Å². The first kappa shape index (κ1) is 19.3. The Balaban J connectivity index is 2.57. The maximum atomic E-state index is 15.7. The number of nitrogens with zero attached hydrogens (tertiary/aromatic N) is 3. The summed E-state index contributed by atoms with van der Waals surface area (Å²) >= 11 is 0. The van der Waals surface area contributed by atoms with Gasteiger partial charge < -0.3 is 10.3 Å². The molecule has 2 aromatic carbocycles. The molecule has 0 saturated heterocycles. The van der Waals surface area contributed by atoms with Crippen molar-refractivity contribution < 1.29 is 9.18 Å². The van der Waals surface area contributed by atoms with E-state index in [0.717, 1.165) is 5.69 Å². The SMILES string of the molecule is Cc1cn(-c2c(C)c(-c3ccccc3)c(F)c(C(N)=O)c2C(C)(C)C#N)cn1. The summed E-state index contributed by atoms with van der Waals surface area (Å²) in [6, 6.07) is 11.1. The summed E-state index contributed by atoms with van der Waals surface area (Å²) in [6.45, 7) is 6.89. The lowest BCUT2D eigenvalue weighted by molar-refractivity contribution is 0.0994. The molecule has 0 bridgehead atoms. The van der Waals surface area contributed by atoms with E-state index in [-0.39, 0.29) is 16.7 Å². The number of hydrogen-bond acceptors (Lipinski definition) is 3. The summed E-state index contributed by atoms with van der Waals surface area (Å²) in [4.78, 5) is 16.6. The van der Waals surface area contributed by atoms with Crippen LogP contribution in [0.1, 0.15) is 41.0 Å². The van der Waals surface area contributed by atoms with Crippen LogP contribution in [0.15, 0.2) is 42.9 Å². The average Bonchev–Trinajstić information content (AvgIpc) is 3.07. The van der Waals surface area contributed by atoms with Crippen molar-refractivity contribution in [3.05, 3.63) is 71.1 Å². The zero-order valence-corrected chi connectivity index (χ0v) is 16.2. The molecule has 6 heteroatoms. The number of halogens is 1. The molecule has 0 fully saturated rings. The Bertz CT molecular complexity index is 1110. The zero-order chi connectivity index (χ0) is 20.6. The summed E-state index contributed by atoms with van der Waals surface area (Å²) in [5.74, 6) is -1.62. The van der Waals surface area contributed by atoms with Gasteiger partial charge in [0.25, 0.3) is 5.91 Å². The zero-order valence-electron chi connectivity index (χ0n) is 16.2. The predicted molar refractivity (Wildman–Crippen MR) is 106 cm³/mol. The van der Waals surface area contributed by atoms with Crippen molar-refractivity contribution >= 4 is 5.91 Å². The molecule has 28 heavy (non-hydrogen) atoms. The van der Waals surface area contributed by atoms with Gasteiger partial charge in [-0.15, -0.1) is 0 Å². The smallest absolute Gasteiger partial charge is 0.252 e. The maximum Gasteiger partial charge on any atom is 0.252 e. The second-order valence-electron chi connectivity index (χ2n) is 7.30. The van der Waals surface area contributed by atoms with Crippen molar-refractivity contribution in [2.24, 2.45) is 5.73 Å². The van der Waals surface area contributed by atoms with E-state index in [2.05, 4.69) is 11.1 Å². The quantitative estimate of drug-likeness (QED) is 0.741. The highest BCUT2D eigenvalue weighted by Gasteiger charge is 2.35. The largest absolute Gasteiger partial charge is 0.365 e. The van der Waals surface area contributed by atoms with Crippen LogP contribution in [0.25, 0.3) is 16.8 Å². The Morgan fingerprint density at radius 2 is 1.89 bits per heavy atom. The van der Waals surface area contributed by atoms with Gasteiger partial charge in [-0.3, -0.25) is 4.79 Å². The van der Waals surface area contributed by atoms with Crippen LogP contribution in [0.3, 0.4) is 0 Å². The molecular formula is C22H21FN4O. The topological polar surface area (TPSA) is 84.7 Å². The van der Waals surface area contributed by atoms with Gasteiger partial charge in [0, 0.05) is 17.3 Å². The van der Waals surface area contributed by atoms with Gasteiger partial charge in [0.2, 0.25) is 0 Å². The Morgan fingerprint density at radius 3 is 2.39 bits per heavy atom. The minimum atomic E-state index is -1.15. The number of primary amides is 1. The lowest BCUT2D eigenvalue weighted by Crippen LogP contribution is -2.27. The van der Waals surface area contributed by atoms with E-state index >= 15 is 4.39 Å². The van der Waals surface area contributed by atoms with Gasteiger partial charge in [-0.25, -0.2) is 9.37 Å². The third-order valence-corrected chi connectivity index (χ3v) is 4.84. The van der Waals surface area contributed by atoms with Crippen LogP contribution in [0, 0.1) is 31.0 Å². The van der Waals surface area contributed by atoms with E-state index in [1.54, 1.807) is 62.1 Å². The normalized spacial score (nSPS) is 11.3. The number of benzene rings is 2. The summed E-state index contributed by atoms with van der Waals surface area (Å²) in [5.41, 5.74) is 7.25. The highest BCUT2D eigenvalue weighted by molar-refractivity contribution is 5.99. The Hall–Kier alpha value is -3.46. The van der Waals surface area contributed by atoms with Crippen molar-refractivity contribution in [3.8, 4) is 22.9 Å². The van der Waals surface area contributed by atoms with Crippen LogP contribution < -0.4 is 5.73 Å². The molecule has 3 aromatic rings. The summed E-state index contributed by atoms with van der Waals surface area (Å²) in [6.07, 6.45) is 3.36. The number of imidazole rings is 1. The van der Waals surface area contributed by atoms with Crippen LogP contribution in [-0.4, -0.2) is 15.5 Å². The molecule has 1 aromatic heterocycles. The fraction of sp³-hybridized carbons (Fsp3) is 0.227. The molecule has 0 aliphatic heterocycles. The van der Waals surface area contributed by atoms with Crippen LogP contribution in [0.4, 0.5) is 4.39 Å². The lowest BCUT2D eigenvalue weighted by Gasteiger charge is -2.27. The number of carbonyl (C=O) groups excluding carboxylic acids is 1. The van der Waals surface area contributed by atoms with Gasteiger partial charge in [0.1, 0.15) is 5.82 Å². The molecule has 5 nitrogen and oxygen atoms in total. The van der Waals surface area contributed by atoms with Crippen LogP contribution in [-0.2, 0) is 5.41 Å². The van der Waals surface area contributed by atoms with Gasteiger partial charge in [-0.2, -0.15) is 5.26 Å². The molecule has 0 aliphatic carbocycles. The number of nitrogens with two attached hydrogens (primary N) is 1.